The smallest absolute Gasteiger partial charge is 0.136 e. The summed E-state index contributed by atoms with van der Waals surface area (Å²) in [5.41, 5.74) is 0.631. The molecular weight excluding hydrogens is 301 g/mol. The van der Waals surface area contributed by atoms with E-state index in [1.165, 1.54) is 6.07 Å². The Balaban J connectivity index is 3.21. The van der Waals surface area contributed by atoms with Gasteiger partial charge in [-0.2, -0.15) is 0 Å². The van der Waals surface area contributed by atoms with Crippen LogP contribution in [0.5, 0.6) is 0 Å². The van der Waals surface area contributed by atoms with Crippen LogP contribution in [0.3, 0.4) is 0 Å². The first-order chi connectivity index (χ1) is 5.15. The van der Waals surface area contributed by atoms with Crippen molar-refractivity contribution in [3.05, 3.63) is 32.1 Å². The molecule has 0 unspecified atom stereocenters. The fourth-order valence-corrected chi connectivity index (χ4v) is 1.84. The highest BCUT2D eigenvalue weighted by atomic mass is 127. The summed E-state index contributed by atoms with van der Waals surface area (Å²) in [6.45, 7) is 0. The third kappa shape index (κ3) is 2.20. The van der Waals surface area contributed by atoms with Crippen molar-refractivity contribution >= 4 is 45.8 Å². The van der Waals surface area contributed by atoms with Crippen LogP contribution in [0, 0.1) is 9.39 Å². The zero-order valence-electron chi connectivity index (χ0n) is 5.37. The van der Waals surface area contributed by atoms with Gasteiger partial charge in [0.1, 0.15) is 5.82 Å². The predicted octanol–water partition coefficient (Wildman–Crippen LogP) is 3.82. The second kappa shape index (κ2) is 3.92. The molecule has 0 radical (unpaired) electrons. The highest BCUT2D eigenvalue weighted by Crippen LogP contribution is 2.23. The van der Waals surface area contributed by atoms with E-state index in [1.807, 2.05) is 22.6 Å². The third-order valence-corrected chi connectivity index (χ3v) is 2.70. The number of alkyl halides is 1. The van der Waals surface area contributed by atoms with E-state index in [0.29, 0.717) is 14.2 Å². The third-order valence-electron chi connectivity index (χ3n) is 1.23. The van der Waals surface area contributed by atoms with E-state index >= 15 is 0 Å². The average molecular weight is 305 g/mol. The van der Waals surface area contributed by atoms with Crippen LogP contribution in [0.15, 0.2) is 12.1 Å². The molecular formula is C7H4Cl2FI. The SMILES string of the molecule is Fc1cc(CCl)c(Cl)cc1I. The van der Waals surface area contributed by atoms with E-state index in [-0.39, 0.29) is 11.7 Å². The molecule has 4 heteroatoms. The molecule has 0 aliphatic carbocycles. The van der Waals surface area contributed by atoms with Gasteiger partial charge in [-0.25, -0.2) is 4.39 Å². The van der Waals surface area contributed by atoms with E-state index < -0.39 is 0 Å². The molecule has 0 N–H and O–H groups in total. The van der Waals surface area contributed by atoms with Crippen molar-refractivity contribution in [2.45, 2.75) is 5.88 Å². The van der Waals surface area contributed by atoms with Crippen molar-refractivity contribution in [3.8, 4) is 0 Å². The summed E-state index contributed by atoms with van der Waals surface area (Å²) in [6, 6.07) is 2.92. The molecule has 0 aliphatic heterocycles. The van der Waals surface area contributed by atoms with E-state index in [1.54, 1.807) is 6.07 Å². The lowest BCUT2D eigenvalue weighted by atomic mass is 10.2. The summed E-state index contributed by atoms with van der Waals surface area (Å²) in [5.74, 6) is -0.0298. The Morgan fingerprint density at radius 3 is 2.64 bits per heavy atom. The molecule has 0 saturated carbocycles. The van der Waals surface area contributed by atoms with Crippen LogP contribution in [0.25, 0.3) is 0 Å². The Kier molecular flexibility index (Phi) is 3.40. The quantitative estimate of drug-likeness (QED) is 0.420. The minimum absolute atomic E-state index is 0.243. The van der Waals surface area contributed by atoms with Gasteiger partial charge in [0.25, 0.3) is 0 Å². The lowest BCUT2D eigenvalue weighted by Gasteiger charge is -2.00. The van der Waals surface area contributed by atoms with Crippen LogP contribution >= 0.6 is 45.8 Å². The maximum absolute atomic E-state index is 12.8. The Morgan fingerprint density at radius 2 is 2.09 bits per heavy atom. The van der Waals surface area contributed by atoms with Crippen LogP contribution < -0.4 is 0 Å². The van der Waals surface area contributed by atoms with Gasteiger partial charge >= 0.3 is 0 Å². The Hall–Kier alpha value is 0.460. The molecule has 0 spiro atoms. The summed E-state index contributed by atoms with van der Waals surface area (Å²) in [5, 5.41) is 0.519. The molecule has 0 saturated heterocycles. The molecule has 0 aromatic heterocycles. The number of benzene rings is 1. The predicted molar refractivity (Wildman–Crippen MR) is 53.7 cm³/mol. The molecule has 0 nitrogen and oxygen atoms in total. The van der Waals surface area contributed by atoms with Gasteiger partial charge in [0.2, 0.25) is 0 Å². The van der Waals surface area contributed by atoms with Crippen LogP contribution in [0.4, 0.5) is 4.39 Å². The maximum atomic E-state index is 12.8. The second-order valence-electron chi connectivity index (χ2n) is 1.99. The van der Waals surface area contributed by atoms with E-state index in [9.17, 15) is 4.39 Å². The molecule has 1 rings (SSSR count). The minimum Gasteiger partial charge on any atom is -0.206 e. The van der Waals surface area contributed by atoms with Gasteiger partial charge < -0.3 is 0 Å². The molecule has 0 atom stereocenters. The van der Waals surface area contributed by atoms with E-state index in [0.717, 1.165) is 0 Å². The summed E-state index contributed by atoms with van der Waals surface area (Å²) in [7, 11) is 0. The minimum atomic E-state index is -0.273. The van der Waals surface area contributed by atoms with Crippen LogP contribution in [0.1, 0.15) is 5.56 Å². The van der Waals surface area contributed by atoms with Gasteiger partial charge in [-0.1, -0.05) is 11.6 Å². The average Bonchev–Trinajstić information content (AvgIpc) is 1.97. The van der Waals surface area contributed by atoms with Crippen LogP contribution in [0.2, 0.25) is 5.02 Å². The molecule has 0 fully saturated rings. The zero-order chi connectivity index (χ0) is 8.43. The van der Waals surface area contributed by atoms with Crippen molar-refractivity contribution in [3.63, 3.8) is 0 Å². The second-order valence-corrected chi connectivity index (χ2v) is 3.83. The lowest BCUT2D eigenvalue weighted by molar-refractivity contribution is 0.619. The highest BCUT2D eigenvalue weighted by molar-refractivity contribution is 14.1. The Morgan fingerprint density at radius 1 is 1.45 bits per heavy atom. The van der Waals surface area contributed by atoms with Crippen molar-refractivity contribution in [1.29, 1.82) is 0 Å². The summed E-state index contributed by atoms with van der Waals surface area (Å²) >= 11 is 13.1. The van der Waals surface area contributed by atoms with E-state index in [2.05, 4.69) is 0 Å². The molecule has 60 valence electrons. The first-order valence-electron chi connectivity index (χ1n) is 2.84. The summed E-state index contributed by atoms with van der Waals surface area (Å²) in [6.07, 6.45) is 0. The molecule has 1 aromatic carbocycles. The maximum Gasteiger partial charge on any atom is 0.136 e. The van der Waals surface area contributed by atoms with Crippen LogP contribution in [-0.2, 0) is 5.88 Å². The molecule has 11 heavy (non-hydrogen) atoms. The zero-order valence-corrected chi connectivity index (χ0v) is 9.04. The lowest BCUT2D eigenvalue weighted by Crippen LogP contribution is -1.86. The number of hydrogen-bond donors (Lipinski definition) is 0. The first kappa shape index (κ1) is 9.55. The fourth-order valence-electron chi connectivity index (χ4n) is 0.666. The normalized spacial score (nSPS) is 10.2. The van der Waals surface area contributed by atoms with Gasteiger partial charge in [0, 0.05) is 10.9 Å². The van der Waals surface area contributed by atoms with Crippen molar-refractivity contribution in [2.75, 3.05) is 0 Å². The molecule has 0 amide bonds. The van der Waals surface area contributed by atoms with Crippen molar-refractivity contribution < 1.29 is 4.39 Å². The first-order valence-corrected chi connectivity index (χ1v) is 4.83. The van der Waals surface area contributed by atoms with E-state index in [4.69, 9.17) is 23.2 Å². The number of hydrogen-bond acceptors (Lipinski definition) is 0. The van der Waals surface area contributed by atoms with Crippen molar-refractivity contribution in [2.24, 2.45) is 0 Å². The number of halogens is 4. The summed E-state index contributed by atoms with van der Waals surface area (Å²) < 4.78 is 13.3. The monoisotopic (exact) mass is 304 g/mol. The molecule has 1 aromatic rings. The Bertz CT molecular complexity index is 275. The standard InChI is InChI=1S/C7H4Cl2FI/c8-3-4-1-6(10)7(11)2-5(4)9/h1-2H,3H2. The highest BCUT2D eigenvalue weighted by Gasteiger charge is 2.04. The molecule has 0 bridgehead atoms. The van der Waals surface area contributed by atoms with Gasteiger partial charge in [-0.15, -0.1) is 11.6 Å². The number of rotatable bonds is 1. The fraction of sp³-hybridized carbons (Fsp3) is 0.143. The van der Waals surface area contributed by atoms with Crippen LogP contribution in [-0.4, -0.2) is 0 Å². The Labute approximate surface area is 87.8 Å². The van der Waals surface area contributed by atoms with Gasteiger partial charge in [0.15, 0.2) is 0 Å². The van der Waals surface area contributed by atoms with Gasteiger partial charge in [0.05, 0.1) is 3.57 Å². The van der Waals surface area contributed by atoms with Gasteiger partial charge in [-0.3, -0.25) is 0 Å². The van der Waals surface area contributed by atoms with Crippen molar-refractivity contribution in [1.82, 2.24) is 0 Å². The molecule has 0 heterocycles. The largest absolute Gasteiger partial charge is 0.206 e. The van der Waals surface area contributed by atoms with Gasteiger partial charge in [-0.05, 0) is 40.3 Å². The summed E-state index contributed by atoms with van der Waals surface area (Å²) in [4.78, 5) is 0. The molecule has 0 aliphatic rings. The topological polar surface area (TPSA) is 0 Å².